The molecule has 1 aromatic carbocycles. The molecule has 0 atom stereocenters. The Morgan fingerprint density at radius 3 is 1.91 bits per heavy atom. The van der Waals surface area contributed by atoms with E-state index in [2.05, 4.69) is 4.98 Å². The van der Waals surface area contributed by atoms with Gasteiger partial charge in [-0.15, -0.1) is 0 Å². The van der Waals surface area contributed by atoms with Gasteiger partial charge in [0.2, 0.25) is 0 Å². The van der Waals surface area contributed by atoms with Crippen LogP contribution in [0.5, 0.6) is 0 Å². The highest BCUT2D eigenvalue weighted by atomic mass is 35.5. The van der Waals surface area contributed by atoms with Gasteiger partial charge in [-0.2, -0.15) is 26.3 Å². The number of aromatic nitrogens is 1. The Morgan fingerprint density at radius 1 is 0.826 bits per heavy atom. The molecule has 0 spiro atoms. The van der Waals surface area contributed by atoms with Crippen LogP contribution in [0, 0.1) is 0 Å². The lowest BCUT2D eigenvalue weighted by Gasteiger charge is -2.17. The molecular formula is C13H4Cl3F6N. The Bertz CT molecular complexity index is 755. The number of alkyl halides is 6. The summed E-state index contributed by atoms with van der Waals surface area (Å²) in [5, 5.41) is -0.839. The largest absolute Gasteiger partial charge is 0.433 e. The summed E-state index contributed by atoms with van der Waals surface area (Å²) in [5.74, 6) is 0. The summed E-state index contributed by atoms with van der Waals surface area (Å²) in [6.07, 6.45) is -9.80. The molecular weight excluding hydrogens is 390 g/mol. The van der Waals surface area contributed by atoms with Crippen molar-refractivity contribution >= 4 is 34.8 Å². The third-order valence-corrected chi connectivity index (χ3v) is 3.92. The highest BCUT2D eigenvalue weighted by Gasteiger charge is 2.39. The van der Waals surface area contributed by atoms with Crippen molar-refractivity contribution < 1.29 is 26.3 Å². The lowest BCUT2D eigenvalue weighted by Crippen LogP contribution is -2.14. The fourth-order valence-corrected chi connectivity index (χ4v) is 2.54. The van der Waals surface area contributed by atoms with Crippen molar-refractivity contribution in [2.24, 2.45) is 0 Å². The van der Waals surface area contributed by atoms with Crippen LogP contribution in [0.25, 0.3) is 11.1 Å². The normalized spacial score (nSPS) is 12.6. The molecule has 10 heteroatoms. The number of hydrogen-bond donors (Lipinski definition) is 0. The van der Waals surface area contributed by atoms with Crippen molar-refractivity contribution in [3.63, 3.8) is 0 Å². The topological polar surface area (TPSA) is 12.9 Å². The molecule has 0 bridgehead atoms. The van der Waals surface area contributed by atoms with E-state index in [9.17, 15) is 26.3 Å². The van der Waals surface area contributed by atoms with Crippen LogP contribution in [-0.2, 0) is 12.4 Å². The second-order valence-electron chi connectivity index (χ2n) is 4.33. The molecule has 0 saturated heterocycles. The SMILES string of the molecule is FC(F)(F)c1cnc(C(F)(F)F)c(-c2c(Cl)ccc(Cl)c2Cl)c1. The summed E-state index contributed by atoms with van der Waals surface area (Å²) in [7, 11) is 0. The zero-order valence-electron chi connectivity index (χ0n) is 10.7. The molecule has 0 aliphatic heterocycles. The Morgan fingerprint density at radius 2 is 1.39 bits per heavy atom. The summed E-state index contributed by atoms with van der Waals surface area (Å²) < 4.78 is 77.5. The van der Waals surface area contributed by atoms with Crippen molar-refractivity contribution in [3.8, 4) is 11.1 Å². The predicted molar refractivity (Wildman–Crippen MR) is 74.7 cm³/mol. The number of hydrogen-bond acceptors (Lipinski definition) is 1. The van der Waals surface area contributed by atoms with E-state index in [1.54, 1.807) is 0 Å². The van der Waals surface area contributed by atoms with Gasteiger partial charge >= 0.3 is 12.4 Å². The average Bonchev–Trinajstić information content (AvgIpc) is 2.41. The zero-order chi connectivity index (χ0) is 17.6. The summed E-state index contributed by atoms with van der Waals surface area (Å²) in [6.45, 7) is 0. The molecule has 0 fully saturated rings. The van der Waals surface area contributed by atoms with Gasteiger partial charge in [0.25, 0.3) is 0 Å². The second kappa shape index (κ2) is 6.03. The van der Waals surface area contributed by atoms with Gasteiger partial charge in [0.05, 0.1) is 20.6 Å². The van der Waals surface area contributed by atoms with Gasteiger partial charge in [0, 0.05) is 17.3 Å². The molecule has 2 aromatic rings. The molecule has 0 amide bonds. The first-order valence-corrected chi connectivity index (χ1v) is 6.84. The summed E-state index contributed by atoms with van der Waals surface area (Å²) in [5.41, 5.74) is -4.28. The van der Waals surface area contributed by atoms with Gasteiger partial charge < -0.3 is 0 Å². The molecule has 1 aromatic heterocycles. The Balaban J connectivity index is 2.86. The number of nitrogens with zero attached hydrogens (tertiary/aromatic N) is 1. The minimum atomic E-state index is -5.01. The summed E-state index contributed by atoms with van der Waals surface area (Å²) in [6, 6.07) is 2.63. The molecule has 0 N–H and O–H groups in total. The third kappa shape index (κ3) is 3.67. The molecule has 1 heterocycles. The molecule has 0 aliphatic carbocycles. The van der Waals surface area contributed by atoms with E-state index < -0.39 is 39.8 Å². The van der Waals surface area contributed by atoms with E-state index in [-0.39, 0.29) is 16.2 Å². The Kier molecular flexibility index (Phi) is 4.76. The van der Waals surface area contributed by atoms with Crippen LogP contribution in [0.1, 0.15) is 11.3 Å². The van der Waals surface area contributed by atoms with Crippen LogP contribution in [0.4, 0.5) is 26.3 Å². The highest BCUT2D eigenvalue weighted by Crippen LogP contribution is 2.45. The van der Waals surface area contributed by atoms with Gasteiger partial charge in [-0.25, -0.2) is 0 Å². The maximum absolute atomic E-state index is 13.1. The number of rotatable bonds is 1. The maximum atomic E-state index is 13.1. The van der Waals surface area contributed by atoms with Crippen molar-refractivity contribution in [2.75, 3.05) is 0 Å². The van der Waals surface area contributed by atoms with Crippen molar-refractivity contribution in [3.05, 3.63) is 50.7 Å². The highest BCUT2D eigenvalue weighted by molar-refractivity contribution is 6.46. The quantitative estimate of drug-likeness (QED) is 0.385. The lowest BCUT2D eigenvalue weighted by molar-refractivity contribution is -0.143. The molecule has 124 valence electrons. The van der Waals surface area contributed by atoms with Crippen LogP contribution >= 0.6 is 34.8 Å². The number of pyridine rings is 1. The van der Waals surface area contributed by atoms with E-state index >= 15 is 0 Å². The summed E-state index contributed by atoms with van der Waals surface area (Å²) in [4.78, 5) is 2.90. The van der Waals surface area contributed by atoms with E-state index in [1.807, 2.05) is 0 Å². The monoisotopic (exact) mass is 393 g/mol. The maximum Gasteiger partial charge on any atom is 0.433 e. The molecule has 0 saturated carbocycles. The predicted octanol–water partition coefficient (Wildman–Crippen LogP) is 6.75. The van der Waals surface area contributed by atoms with Crippen LogP contribution in [-0.4, -0.2) is 4.98 Å². The zero-order valence-corrected chi connectivity index (χ0v) is 12.9. The first-order valence-electron chi connectivity index (χ1n) is 5.71. The number of halogens is 9. The van der Waals surface area contributed by atoms with Crippen LogP contribution in [0.2, 0.25) is 15.1 Å². The van der Waals surface area contributed by atoms with Crippen molar-refractivity contribution in [1.29, 1.82) is 0 Å². The summed E-state index contributed by atoms with van der Waals surface area (Å²) >= 11 is 17.4. The van der Waals surface area contributed by atoms with E-state index in [0.29, 0.717) is 6.07 Å². The molecule has 1 nitrogen and oxygen atoms in total. The fraction of sp³-hybridized carbons (Fsp3) is 0.154. The fourth-order valence-electron chi connectivity index (χ4n) is 1.81. The minimum absolute atomic E-state index is 0.0959. The van der Waals surface area contributed by atoms with E-state index in [1.165, 1.54) is 6.07 Å². The van der Waals surface area contributed by atoms with Crippen LogP contribution in [0.15, 0.2) is 24.4 Å². The molecule has 0 aliphatic rings. The van der Waals surface area contributed by atoms with Gasteiger partial charge in [-0.05, 0) is 18.2 Å². The standard InChI is InChI=1S/C13H4Cl3F6N/c14-7-1-2-8(15)10(16)9(7)6-3-5(12(17,18)19)4-23-11(6)13(20,21)22/h1-4H. The van der Waals surface area contributed by atoms with Gasteiger partial charge in [-0.1, -0.05) is 34.8 Å². The van der Waals surface area contributed by atoms with Gasteiger partial charge in [-0.3, -0.25) is 4.98 Å². The Hall–Kier alpha value is -1.18. The smallest absolute Gasteiger partial charge is 0.251 e. The first-order chi connectivity index (χ1) is 10.4. The van der Waals surface area contributed by atoms with Crippen LogP contribution in [0.3, 0.4) is 0 Å². The lowest BCUT2D eigenvalue weighted by atomic mass is 10.0. The molecule has 23 heavy (non-hydrogen) atoms. The van der Waals surface area contributed by atoms with Crippen LogP contribution < -0.4 is 0 Å². The van der Waals surface area contributed by atoms with E-state index in [0.717, 1.165) is 6.07 Å². The van der Waals surface area contributed by atoms with E-state index in [4.69, 9.17) is 34.8 Å². The third-order valence-electron chi connectivity index (χ3n) is 2.80. The van der Waals surface area contributed by atoms with Gasteiger partial charge in [0.1, 0.15) is 0 Å². The Labute approximate surface area is 140 Å². The molecule has 0 unspecified atom stereocenters. The minimum Gasteiger partial charge on any atom is -0.251 e. The van der Waals surface area contributed by atoms with Crippen molar-refractivity contribution in [2.45, 2.75) is 12.4 Å². The first kappa shape index (κ1) is 18.2. The van der Waals surface area contributed by atoms with Crippen molar-refractivity contribution in [1.82, 2.24) is 4.98 Å². The molecule has 2 rings (SSSR count). The van der Waals surface area contributed by atoms with Gasteiger partial charge in [0.15, 0.2) is 5.69 Å². The number of benzene rings is 1. The average molecular weight is 395 g/mol. The molecule has 0 radical (unpaired) electrons. The second-order valence-corrected chi connectivity index (χ2v) is 5.53.